The molecule has 2 aromatic rings. The summed E-state index contributed by atoms with van der Waals surface area (Å²) in [4.78, 5) is 12.0. The minimum atomic E-state index is -0.508. The van der Waals surface area contributed by atoms with E-state index in [0.29, 0.717) is 17.7 Å². The molecule has 0 fully saturated rings. The molecule has 0 heterocycles. The van der Waals surface area contributed by atoms with Gasteiger partial charge in [0, 0.05) is 5.69 Å². The molecule has 1 N–H and O–H groups in total. The van der Waals surface area contributed by atoms with Gasteiger partial charge in [-0.2, -0.15) is 5.26 Å². The van der Waals surface area contributed by atoms with E-state index in [1.165, 1.54) is 6.07 Å². The van der Waals surface area contributed by atoms with Gasteiger partial charge in [-0.1, -0.05) is 24.3 Å². The number of rotatable bonds is 3. The van der Waals surface area contributed by atoms with Crippen LogP contribution in [0.25, 0.3) is 0 Å². The lowest BCUT2D eigenvalue weighted by atomic mass is 10.1. The predicted molar refractivity (Wildman–Crippen MR) is 74.8 cm³/mol. The van der Waals surface area contributed by atoms with E-state index in [2.05, 4.69) is 5.32 Å². The first-order chi connectivity index (χ1) is 9.61. The first-order valence-electron chi connectivity index (χ1n) is 6.14. The summed E-state index contributed by atoms with van der Waals surface area (Å²) in [6.07, 6.45) is 0.320. The molecule has 0 radical (unpaired) electrons. The third kappa shape index (κ3) is 3.01. The monoisotopic (exact) mass is 268 g/mol. The molecule has 0 spiro atoms. The molecule has 0 aliphatic heterocycles. The van der Waals surface area contributed by atoms with Crippen LogP contribution < -0.4 is 5.32 Å². The van der Waals surface area contributed by atoms with E-state index in [1.54, 1.807) is 43.3 Å². The van der Waals surface area contributed by atoms with Crippen LogP contribution in [0.5, 0.6) is 0 Å². The summed E-state index contributed by atoms with van der Waals surface area (Å²) < 4.78 is 13.8. The predicted octanol–water partition coefficient (Wildman–Crippen LogP) is 3.45. The third-order valence-electron chi connectivity index (χ3n) is 2.93. The summed E-state index contributed by atoms with van der Waals surface area (Å²) in [5.74, 6) is -0.995. The minimum Gasteiger partial charge on any atom is -0.322 e. The lowest BCUT2D eigenvalue weighted by Crippen LogP contribution is -2.14. The molecule has 0 aliphatic rings. The second kappa shape index (κ2) is 5.98. The average molecular weight is 268 g/mol. The van der Waals surface area contributed by atoms with E-state index >= 15 is 0 Å². The lowest BCUT2D eigenvalue weighted by molar-refractivity contribution is 0.102. The molecule has 3 nitrogen and oxygen atoms in total. The summed E-state index contributed by atoms with van der Waals surface area (Å²) >= 11 is 0. The second-order valence-electron chi connectivity index (χ2n) is 4.42. The van der Waals surface area contributed by atoms with Gasteiger partial charge in [-0.15, -0.1) is 0 Å². The van der Waals surface area contributed by atoms with Crippen molar-refractivity contribution in [3.8, 4) is 6.07 Å². The second-order valence-corrected chi connectivity index (χ2v) is 4.42. The molecule has 4 heteroatoms. The quantitative estimate of drug-likeness (QED) is 0.926. The van der Waals surface area contributed by atoms with Gasteiger partial charge in [0.25, 0.3) is 5.91 Å². The average Bonchev–Trinajstić information content (AvgIpc) is 2.44. The molecule has 2 aromatic carbocycles. The maximum absolute atomic E-state index is 13.8. The number of nitrogens with zero attached hydrogens (tertiary/aromatic N) is 1. The summed E-state index contributed by atoms with van der Waals surface area (Å²) in [5.41, 5.74) is 1.89. The van der Waals surface area contributed by atoms with Crippen LogP contribution in [-0.2, 0) is 6.42 Å². The van der Waals surface area contributed by atoms with Crippen molar-refractivity contribution in [2.45, 2.75) is 13.3 Å². The van der Waals surface area contributed by atoms with E-state index in [1.807, 2.05) is 6.07 Å². The van der Waals surface area contributed by atoms with Gasteiger partial charge in [0.1, 0.15) is 5.82 Å². The van der Waals surface area contributed by atoms with Crippen LogP contribution in [0.3, 0.4) is 0 Å². The van der Waals surface area contributed by atoms with E-state index in [9.17, 15) is 9.18 Å². The largest absolute Gasteiger partial charge is 0.322 e. The lowest BCUT2D eigenvalue weighted by Gasteiger charge is -2.07. The molecule has 1 amide bonds. The Kier molecular flexibility index (Phi) is 4.11. The van der Waals surface area contributed by atoms with Crippen molar-refractivity contribution >= 4 is 11.6 Å². The molecule has 100 valence electrons. The van der Waals surface area contributed by atoms with Crippen LogP contribution in [0.2, 0.25) is 0 Å². The van der Waals surface area contributed by atoms with Crippen LogP contribution in [0.1, 0.15) is 21.5 Å². The Morgan fingerprint density at radius 3 is 2.60 bits per heavy atom. The first kappa shape index (κ1) is 13.8. The van der Waals surface area contributed by atoms with Crippen molar-refractivity contribution in [3.05, 3.63) is 65.0 Å². The highest BCUT2D eigenvalue weighted by atomic mass is 19.1. The third-order valence-corrected chi connectivity index (χ3v) is 2.93. The molecule has 0 atom stereocenters. The van der Waals surface area contributed by atoms with Crippen molar-refractivity contribution in [1.29, 1.82) is 5.26 Å². The van der Waals surface area contributed by atoms with Gasteiger partial charge >= 0.3 is 0 Å². The van der Waals surface area contributed by atoms with Gasteiger partial charge in [0.05, 0.1) is 18.1 Å². The molecule has 0 saturated carbocycles. The van der Waals surface area contributed by atoms with E-state index in [-0.39, 0.29) is 5.56 Å². The fraction of sp³-hybridized carbons (Fsp3) is 0.125. The van der Waals surface area contributed by atoms with Crippen LogP contribution in [0.4, 0.5) is 10.1 Å². The van der Waals surface area contributed by atoms with Gasteiger partial charge < -0.3 is 5.32 Å². The fourth-order valence-electron chi connectivity index (χ4n) is 1.82. The molecule has 0 aliphatic carbocycles. The number of halogens is 1. The highest BCUT2D eigenvalue weighted by molar-refractivity contribution is 6.04. The molecule has 0 saturated heterocycles. The summed E-state index contributed by atoms with van der Waals surface area (Å²) in [6.45, 7) is 1.61. The Morgan fingerprint density at radius 1 is 1.25 bits per heavy atom. The Hall–Kier alpha value is -2.67. The number of carbonyl (C=O) groups is 1. The zero-order chi connectivity index (χ0) is 14.5. The highest BCUT2D eigenvalue weighted by Gasteiger charge is 2.13. The molecule has 2 rings (SSSR count). The normalized spacial score (nSPS) is 9.85. The minimum absolute atomic E-state index is 0.0195. The number of hydrogen-bond acceptors (Lipinski definition) is 2. The SMILES string of the molecule is Cc1cccc(C(=O)Nc2ccc(CC#N)cc2)c1F. The van der Waals surface area contributed by atoms with Crippen molar-refractivity contribution in [3.63, 3.8) is 0 Å². The number of nitriles is 1. The first-order valence-corrected chi connectivity index (χ1v) is 6.14. The fourth-order valence-corrected chi connectivity index (χ4v) is 1.82. The number of aryl methyl sites for hydroxylation is 1. The van der Waals surface area contributed by atoms with E-state index < -0.39 is 11.7 Å². The number of benzene rings is 2. The number of hydrogen-bond donors (Lipinski definition) is 1. The van der Waals surface area contributed by atoms with Gasteiger partial charge in [0.15, 0.2) is 0 Å². The Labute approximate surface area is 116 Å². The molecule has 0 aromatic heterocycles. The zero-order valence-electron chi connectivity index (χ0n) is 11.0. The van der Waals surface area contributed by atoms with Crippen molar-refractivity contribution < 1.29 is 9.18 Å². The van der Waals surface area contributed by atoms with Crippen LogP contribution in [0.15, 0.2) is 42.5 Å². The summed E-state index contributed by atoms with van der Waals surface area (Å²) in [7, 11) is 0. The van der Waals surface area contributed by atoms with E-state index in [0.717, 1.165) is 5.56 Å². The molecular formula is C16H13FN2O. The summed E-state index contributed by atoms with van der Waals surface area (Å²) in [6, 6.07) is 13.6. The Balaban J connectivity index is 2.15. The maximum atomic E-state index is 13.8. The Bertz CT molecular complexity index is 672. The van der Waals surface area contributed by atoms with Gasteiger partial charge in [-0.05, 0) is 36.2 Å². The standard InChI is InChI=1S/C16H13FN2O/c1-11-3-2-4-14(15(11)17)16(20)19-13-7-5-12(6-8-13)9-10-18/h2-8H,9H2,1H3,(H,19,20). The number of anilines is 1. The number of amides is 1. The number of nitrogens with one attached hydrogen (secondary N) is 1. The molecule has 0 bridgehead atoms. The van der Waals surface area contributed by atoms with Crippen molar-refractivity contribution in [1.82, 2.24) is 0 Å². The number of carbonyl (C=O) groups excluding carboxylic acids is 1. The van der Waals surface area contributed by atoms with Crippen LogP contribution in [0, 0.1) is 24.1 Å². The van der Waals surface area contributed by atoms with Crippen LogP contribution >= 0.6 is 0 Å². The van der Waals surface area contributed by atoms with Gasteiger partial charge in [-0.3, -0.25) is 4.79 Å². The molecule has 20 heavy (non-hydrogen) atoms. The molecular weight excluding hydrogens is 255 g/mol. The topological polar surface area (TPSA) is 52.9 Å². The van der Waals surface area contributed by atoms with Gasteiger partial charge in [-0.25, -0.2) is 4.39 Å². The van der Waals surface area contributed by atoms with Crippen molar-refractivity contribution in [2.75, 3.05) is 5.32 Å². The Morgan fingerprint density at radius 2 is 1.95 bits per heavy atom. The van der Waals surface area contributed by atoms with Gasteiger partial charge in [0.2, 0.25) is 0 Å². The van der Waals surface area contributed by atoms with Crippen molar-refractivity contribution in [2.24, 2.45) is 0 Å². The van der Waals surface area contributed by atoms with Crippen LogP contribution in [-0.4, -0.2) is 5.91 Å². The molecule has 0 unspecified atom stereocenters. The summed E-state index contributed by atoms with van der Waals surface area (Å²) in [5, 5.41) is 11.2. The smallest absolute Gasteiger partial charge is 0.258 e. The highest BCUT2D eigenvalue weighted by Crippen LogP contribution is 2.15. The van der Waals surface area contributed by atoms with E-state index in [4.69, 9.17) is 5.26 Å². The zero-order valence-corrected chi connectivity index (χ0v) is 11.0. The maximum Gasteiger partial charge on any atom is 0.258 e.